The highest BCUT2D eigenvalue weighted by Crippen LogP contribution is 2.10. The van der Waals surface area contributed by atoms with Gasteiger partial charge < -0.3 is 4.74 Å². The van der Waals surface area contributed by atoms with Gasteiger partial charge in [-0.05, 0) is 42.3 Å². The van der Waals surface area contributed by atoms with Gasteiger partial charge in [-0.3, -0.25) is 4.79 Å². The van der Waals surface area contributed by atoms with Gasteiger partial charge in [0.25, 0.3) is 0 Å². The Kier molecular flexibility index (Phi) is 6.58. The quantitative estimate of drug-likeness (QED) is 0.576. The van der Waals surface area contributed by atoms with Crippen LogP contribution in [-0.4, -0.2) is 30.7 Å². The summed E-state index contributed by atoms with van der Waals surface area (Å²) in [6, 6.07) is 16.6. The minimum atomic E-state index is -3.74. The fourth-order valence-electron chi connectivity index (χ4n) is 2.43. The Morgan fingerprint density at radius 2 is 1.86 bits per heavy atom. The van der Waals surface area contributed by atoms with Gasteiger partial charge in [0.15, 0.2) is 0 Å². The van der Waals surface area contributed by atoms with E-state index in [2.05, 4.69) is 9.82 Å². The molecule has 0 atom stereocenters. The molecule has 3 rings (SSSR count). The maximum atomic E-state index is 12.0. The van der Waals surface area contributed by atoms with E-state index >= 15 is 0 Å². The molecule has 0 radical (unpaired) electrons. The molecule has 0 saturated carbocycles. The van der Waals surface area contributed by atoms with E-state index in [-0.39, 0.29) is 6.61 Å². The number of benzene rings is 2. The Balaban J connectivity index is 1.46. The number of sulfonamides is 1. The minimum absolute atomic E-state index is 0.0547. The van der Waals surface area contributed by atoms with Gasteiger partial charge in [0.2, 0.25) is 10.0 Å². The van der Waals surface area contributed by atoms with E-state index in [9.17, 15) is 13.2 Å². The van der Waals surface area contributed by atoms with Crippen molar-refractivity contribution in [2.45, 2.75) is 13.5 Å². The van der Waals surface area contributed by atoms with Crippen molar-refractivity contribution >= 4 is 22.1 Å². The number of aromatic nitrogens is 2. The second-order valence-corrected chi connectivity index (χ2v) is 8.01. The second-order valence-electron chi connectivity index (χ2n) is 6.36. The number of hydrogen-bond acceptors (Lipinski definition) is 5. The Morgan fingerprint density at radius 3 is 2.52 bits per heavy atom. The zero-order chi connectivity index (χ0) is 20.7. The van der Waals surface area contributed by atoms with Crippen LogP contribution in [0.1, 0.15) is 16.7 Å². The highest BCUT2D eigenvalue weighted by molar-refractivity contribution is 7.92. The molecule has 1 heterocycles. The van der Waals surface area contributed by atoms with Gasteiger partial charge in [-0.15, -0.1) is 0 Å². The number of aryl methyl sites for hydroxylation is 1. The highest BCUT2D eigenvalue weighted by atomic mass is 32.2. The van der Waals surface area contributed by atoms with Gasteiger partial charge in [0, 0.05) is 17.8 Å². The molecule has 0 aliphatic rings. The maximum Gasteiger partial charge on any atom is 0.321 e. The third-order valence-electron chi connectivity index (χ3n) is 4.04. The third-order valence-corrected chi connectivity index (χ3v) is 5.08. The van der Waals surface area contributed by atoms with Crippen LogP contribution < -0.4 is 4.72 Å². The van der Waals surface area contributed by atoms with E-state index in [1.807, 2.05) is 67.7 Å². The molecule has 150 valence electrons. The van der Waals surface area contributed by atoms with E-state index in [0.29, 0.717) is 0 Å². The van der Waals surface area contributed by atoms with Gasteiger partial charge in [0.05, 0.1) is 5.69 Å². The summed E-state index contributed by atoms with van der Waals surface area (Å²) in [7, 11) is -3.74. The molecule has 0 aliphatic heterocycles. The highest BCUT2D eigenvalue weighted by Gasteiger charge is 2.10. The van der Waals surface area contributed by atoms with Gasteiger partial charge in [-0.2, -0.15) is 5.10 Å². The standard InChI is InChI=1S/C21H21N3O4S/c1-17-3-5-18(6-4-17)11-14-29(26,27)23-15-21(25)28-16-19-7-9-20(10-8-19)24-13-2-12-22-24/h2-14,23H,15-16H2,1H3/b14-11+. The predicted molar refractivity (Wildman–Crippen MR) is 110 cm³/mol. The lowest BCUT2D eigenvalue weighted by molar-refractivity contribution is -0.143. The molecular formula is C21H21N3O4S. The van der Waals surface area contributed by atoms with Crippen molar-refractivity contribution in [2.24, 2.45) is 0 Å². The first kappa shape index (κ1) is 20.5. The number of esters is 1. The normalized spacial score (nSPS) is 11.6. The molecule has 0 spiro atoms. The SMILES string of the molecule is Cc1ccc(/C=C/S(=O)(=O)NCC(=O)OCc2ccc(-n3cccn3)cc2)cc1. The molecule has 7 nitrogen and oxygen atoms in total. The van der Waals surface area contributed by atoms with Crippen molar-refractivity contribution in [3.63, 3.8) is 0 Å². The van der Waals surface area contributed by atoms with Crippen LogP contribution in [0.2, 0.25) is 0 Å². The number of nitrogens with one attached hydrogen (secondary N) is 1. The summed E-state index contributed by atoms with van der Waals surface area (Å²) in [4.78, 5) is 11.8. The van der Waals surface area contributed by atoms with Crippen molar-refractivity contribution in [3.05, 3.63) is 89.1 Å². The van der Waals surface area contributed by atoms with E-state index in [1.54, 1.807) is 10.9 Å². The van der Waals surface area contributed by atoms with Crippen molar-refractivity contribution in [1.29, 1.82) is 0 Å². The summed E-state index contributed by atoms with van der Waals surface area (Å²) in [6.07, 6.45) is 4.98. The number of nitrogens with zero attached hydrogens (tertiary/aromatic N) is 2. The van der Waals surface area contributed by atoms with Crippen molar-refractivity contribution in [3.8, 4) is 5.69 Å². The Hall–Kier alpha value is -3.23. The van der Waals surface area contributed by atoms with E-state index < -0.39 is 22.5 Å². The first-order chi connectivity index (χ1) is 13.9. The molecule has 0 unspecified atom stereocenters. The first-order valence-corrected chi connectivity index (χ1v) is 10.4. The lowest BCUT2D eigenvalue weighted by Crippen LogP contribution is -2.29. The van der Waals surface area contributed by atoms with Crippen LogP contribution in [0.5, 0.6) is 0 Å². The summed E-state index contributed by atoms with van der Waals surface area (Å²) in [5.74, 6) is -0.659. The second kappa shape index (κ2) is 9.31. The van der Waals surface area contributed by atoms with Gasteiger partial charge in [0.1, 0.15) is 13.2 Å². The third kappa shape index (κ3) is 6.41. The Bertz CT molecular complexity index is 1070. The van der Waals surface area contributed by atoms with E-state index in [4.69, 9.17) is 4.74 Å². The maximum absolute atomic E-state index is 12.0. The van der Waals surface area contributed by atoms with Gasteiger partial charge >= 0.3 is 5.97 Å². The smallest absolute Gasteiger partial charge is 0.321 e. The summed E-state index contributed by atoms with van der Waals surface area (Å²) in [5.41, 5.74) is 3.51. The lowest BCUT2D eigenvalue weighted by Gasteiger charge is -2.07. The largest absolute Gasteiger partial charge is 0.460 e. The van der Waals surface area contributed by atoms with Crippen LogP contribution in [0.25, 0.3) is 11.8 Å². The molecule has 8 heteroatoms. The van der Waals surface area contributed by atoms with Crippen LogP contribution >= 0.6 is 0 Å². The number of rotatable bonds is 8. The van der Waals surface area contributed by atoms with Crippen LogP contribution in [0.4, 0.5) is 0 Å². The molecule has 29 heavy (non-hydrogen) atoms. The zero-order valence-electron chi connectivity index (χ0n) is 15.9. The molecule has 0 bridgehead atoms. The average Bonchev–Trinajstić information content (AvgIpc) is 3.26. The predicted octanol–water partition coefficient (Wildman–Crippen LogP) is 2.81. The molecule has 0 amide bonds. The molecule has 0 fully saturated rings. The fourth-order valence-corrected chi connectivity index (χ4v) is 3.19. The Morgan fingerprint density at radius 1 is 1.14 bits per heavy atom. The molecular weight excluding hydrogens is 390 g/mol. The lowest BCUT2D eigenvalue weighted by atomic mass is 10.2. The number of carbonyl (C=O) groups excluding carboxylic acids is 1. The molecule has 0 aliphatic carbocycles. The number of ether oxygens (including phenoxy) is 1. The van der Waals surface area contributed by atoms with Crippen LogP contribution in [0, 0.1) is 6.92 Å². The first-order valence-electron chi connectivity index (χ1n) is 8.90. The zero-order valence-corrected chi connectivity index (χ0v) is 16.7. The molecule has 1 N–H and O–H groups in total. The summed E-state index contributed by atoms with van der Waals surface area (Å²) in [5, 5.41) is 5.16. The topological polar surface area (TPSA) is 90.3 Å². The Labute approximate surface area is 169 Å². The van der Waals surface area contributed by atoms with Crippen LogP contribution in [0.3, 0.4) is 0 Å². The molecule has 3 aromatic rings. The van der Waals surface area contributed by atoms with Crippen molar-refractivity contribution in [1.82, 2.24) is 14.5 Å². The summed E-state index contributed by atoms with van der Waals surface area (Å²) < 4.78 is 33.0. The van der Waals surface area contributed by atoms with Crippen LogP contribution in [-0.2, 0) is 26.2 Å². The van der Waals surface area contributed by atoms with E-state index in [1.165, 1.54) is 6.08 Å². The van der Waals surface area contributed by atoms with E-state index in [0.717, 1.165) is 27.8 Å². The summed E-state index contributed by atoms with van der Waals surface area (Å²) in [6.45, 7) is 1.57. The van der Waals surface area contributed by atoms with Gasteiger partial charge in [-0.1, -0.05) is 42.0 Å². The number of hydrogen-bond donors (Lipinski definition) is 1. The van der Waals surface area contributed by atoms with Gasteiger partial charge in [-0.25, -0.2) is 17.8 Å². The minimum Gasteiger partial charge on any atom is -0.460 e. The fraction of sp³-hybridized carbons (Fsp3) is 0.143. The van der Waals surface area contributed by atoms with Crippen molar-refractivity contribution in [2.75, 3.05) is 6.54 Å². The number of carbonyl (C=O) groups is 1. The monoisotopic (exact) mass is 411 g/mol. The average molecular weight is 411 g/mol. The molecule has 2 aromatic carbocycles. The molecule has 1 aromatic heterocycles. The summed E-state index contributed by atoms with van der Waals surface area (Å²) >= 11 is 0. The van der Waals surface area contributed by atoms with Crippen LogP contribution in [0.15, 0.2) is 72.4 Å². The van der Waals surface area contributed by atoms with Crippen molar-refractivity contribution < 1.29 is 17.9 Å². The molecule has 0 saturated heterocycles.